The number of unbranched alkanes of at least 4 members (excludes halogenated alkanes) is 2. The Bertz CT molecular complexity index is 726. The van der Waals surface area contributed by atoms with Crippen LogP contribution in [0.2, 0.25) is 0 Å². The molecule has 0 saturated carbocycles. The highest BCUT2D eigenvalue weighted by Crippen LogP contribution is 2.28. The molecule has 26 heavy (non-hydrogen) atoms. The Labute approximate surface area is 157 Å². The Morgan fingerprint density at radius 3 is 2.50 bits per heavy atom. The summed E-state index contributed by atoms with van der Waals surface area (Å²) in [6.07, 6.45) is 5.22. The minimum absolute atomic E-state index is 0.604. The van der Waals surface area contributed by atoms with Crippen molar-refractivity contribution in [3.8, 4) is 11.5 Å². The molecule has 0 aliphatic heterocycles. The summed E-state index contributed by atoms with van der Waals surface area (Å²) in [5.74, 6) is 1.56. The molecule has 140 valence electrons. The van der Waals surface area contributed by atoms with Crippen LogP contribution in [0.15, 0.2) is 41.5 Å². The van der Waals surface area contributed by atoms with Crippen molar-refractivity contribution >= 4 is 11.9 Å². The maximum Gasteiger partial charge on any atom is 0.161 e. The summed E-state index contributed by atoms with van der Waals surface area (Å²) in [5.41, 5.74) is 7.53. The fourth-order valence-electron chi connectivity index (χ4n) is 2.52. The van der Waals surface area contributed by atoms with E-state index in [0.717, 1.165) is 35.8 Å². The third kappa shape index (κ3) is 6.10. The quantitative estimate of drug-likeness (QED) is 0.337. The van der Waals surface area contributed by atoms with Crippen molar-refractivity contribution in [3.05, 3.63) is 53.1 Å². The van der Waals surface area contributed by atoms with Crippen LogP contribution in [0.5, 0.6) is 11.5 Å². The largest absolute Gasteiger partial charge is 0.490 e. The fraction of sp³-hybridized carbons (Fsp3) is 0.409. The summed E-state index contributed by atoms with van der Waals surface area (Å²) in [6.45, 7) is 9.68. The van der Waals surface area contributed by atoms with E-state index in [1.165, 1.54) is 24.0 Å². The minimum Gasteiger partial charge on any atom is -0.490 e. The number of hydrogen-bond acceptors (Lipinski definition) is 4. The van der Waals surface area contributed by atoms with Gasteiger partial charge >= 0.3 is 0 Å². The summed E-state index contributed by atoms with van der Waals surface area (Å²) in [4.78, 5) is 0. The Kier molecular flexibility index (Phi) is 8.00. The van der Waals surface area contributed by atoms with Crippen LogP contribution in [0.1, 0.15) is 49.8 Å². The van der Waals surface area contributed by atoms with Crippen molar-refractivity contribution in [2.24, 2.45) is 5.10 Å². The number of anilines is 1. The van der Waals surface area contributed by atoms with Crippen molar-refractivity contribution in [1.29, 1.82) is 0 Å². The molecule has 1 N–H and O–H groups in total. The molecule has 0 amide bonds. The van der Waals surface area contributed by atoms with Gasteiger partial charge in [0.05, 0.1) is 25.1 Å². The molecule has 0 unspecified atom stereocenters. The summed E-state index contributed by atoms with van der Waals surface area (Å²) < 4.78 is 11.6. The van der Waals surface area contributed by atoms with E-state index in [1.54, 1.807) is 6.21 Å². The molecule has 0 bridgehead atoms. The first kappa shape index (κ1) is 19.8. The summed E-state index contributed by atoms with van der Waals surface area (Å²) in [6, 6.07) is 12.1. The smallest absolute Gasteiger partial charge is 0.161 e. The number of rotatable bonds is 10. The lowest BCUT2D eigenvalue weighted by Gasteiger charge is -2.12. The number of benzene rings is 2. The Morgan fingerprint density at radius 1 is 0.923 bits per heavy atom. The second kappa shape index (κ2) is 10.5. The van der Waals surface area contributed by atoms with E-state index in [0.29, 0.717) is 6.61 Å². The van der Waals surface area contributed by atoms with Gasteiger partial charge in [-0.25, -0.2) is 0 Å². The van der Waals surface area contributed by atoms with E-state index in [1.807, 2.05) is 31.2 Å². The van der Waals surface area contributed by atoms with Crippen LogP contribution in [0.4, 0.5) is 5.69 Å². The van der Waals surface area contributed by atoms with Gasteiger partial charge in [-0.2, -0.15) is 5.10 Å². The van der Waals surface area contributed by atoms with Gasteiger partial charge in [0, 0.05) is 0 Å². The number of hydrazone groups is 1. The van der Waals surface area contributed by atoms with E-state index in [9.17, 15) is 0 Å². The van der Waals surface area contributed by atoms with Crippen LogP contribution in [-0.2, 0) is 0 Å². The zero-order valence-corrected chi connectivity index (χ0v) is 16.3. The highest BCUT2D eigenvalue weighted by atomic mass is 16.5. The molecule has 0 heterocycles. The van der Waals surface area contributed by atoms with Crippen LogP contribution >= 0.6 is 0 Å². The molecular weight excluding hydrogens is 324 g/mol. The molecule has 4 heteroatoms. The van der Waals surface area contributed by atoms with Crippen molar-refractivity contribution < 1.29 is 9.47 Å². The molecule has 0 spiro atoms. The molecule has 2 aromatic rings. The predicted molar refractivity (Wildman–Crippen MR) is 110 cm³/mol. The SMILES string of the molecule is CCCCCOc1ccc(/C=N/Nc2ccc(C)c(C)c2)cc1OCC. The maximum absolute atomic E-state index is 5.86. The molecule has 2 rings (SSSR count). The molecule has 0 atom stereocenters. The lowest BCUT2D eigenvalue weighted by Crippen LogP contribution is -2.01. The Balaban J connectivity index is 2.01. The molecule has 0 aliphatic rings. The summed E-state index contributed by atoms with van der Waals surface area (Å²) in [7, 11) is 0. The van der Waals surface area contributed by atoms with E-state index < -0.39 is 0 Å². The highest BCUT2D eigenvalue weighted by molar-refractivity contribution is 5.81. The van der Waals surface area contributed by atoms with Gasteiger partial charge in [0.1, 0.15) is 0 Å². The average molecular weight is 354 g/mol. The van der Waals surface area contributed by atoms with Crippen LogP contribution in [-0.4, -0.2) is 19.4 Å². The number of ether oxygens (including phenoxy) is 2. The average Bonchev–Trinajstić information content (AvgIpc) is 2.63. The number of nitrogens with zero attached hydrogens (tertiary/aromatic N) is 1. The monoisotopic (exact) mass is 354 g/mol. The number of nitrogens with one attached hydrogen (secondary N) is 1. The lowest BCUT2D eigenvalue weighted by atomic mass is 10.1. The van der Waals surface area contributed by atoms with E-state index in [-0.39, 0.29) is 0 Å². The third-order valence-corrected chi connectivity index (χ3v) is 4.19. The first-order chi connectivity index (χ1) is 12.6. The molecule has 2 aromatic carbocycles. The van der Waals surface area contributed by atoms with Gasteiger partial charge in [0.15, 0.2) is 11.5 Å². The molecule has 0 fully saturated rings. The second-order valence-corrected chi connectivity index (χ2v) is 6.36. The number of aryl methyl sites for hydroxylation is 2. The molecule has 0 aliphatic carbocycles. The standard InChI is InChI=1S/C22H30N2O2/c1-5-7-8-13-26-21-12-10-19(15-22(21)25-6-2)16-23-24-20-11-9-17(3)18(4)14-20/h9-12,14-16,24H,5-8,13H2,1-4H3/b23-16+. The van der Waals surface area contributed by atoms with Gasteiger partial charge < -0.3 is 9.47 Å². The molecular formula is C22H30N2O2. The van der Waals surface area contributed by atoms with Crippen molar-refractivity contribution in [1.82, 2.24) is 0 Å². The van der Waals surface area contributed by atoms with E-state index >= 15 is 0 Å². The van der Waals surface area contributed by atoms with Crippen molar-refractivity contribution in [2.45, 2.75) is 47.0 Å². The van der Waals surface area contributed by atoms with Crippen LogP contribution in [0, 0.1) is 13.8 Å². The molecule has 0 radical (unpaired) electrons. The van der Waals surface area contributed by atoms with Gasteiger partial charge in [-0.15, -0.1) is 0 Å². The Hall–Kier alpha value is -2.49. The zero-order chi connectivity index (χ0) is 18.8. The van der Waals surface area contributed by atoms with Gasteiger partial charge in [-0.05, 0) is 74.2 Å². The first-order valence-electron chi connectivity index (χ1n) is 9.40. The zero-order valence-electron chi connectivity index (χ0n) is 16.3. The van der Waals surface area contributed by atoms with Crippen LogP contribution in [0.3, 0.4) is 0 Å². The van der Waals surface area contributed by atoms with Gasteiger partial charge in [-0.1, -0.05) is 25.8 Å². The van der Waals surface area contributed by atoms with Gasteiger partial charge in [-0.3, -0.25) is 5.43 Å². The molecule has 0 saturated heterocycles. The van der Waals surface area contributed by atoms with E-state index in [4.69, 9.17) is 9.47 Å². The normalized spacial score (nSPS) is 10.9. The van der Waals surface area contributed by atoms with Gasteiger partial charge in [0.25, 0.3) is 0 Å². The number of hydrogen-bond donors (Lipinski definition) is 1. The summed E-state index contributed by atoms with van der Waals surface area (Å²) >= 11 is 0. The lowest BCUT2D eigenvalue weighted by molar-refractivity contribution is 0.271. The third-order valence-electron chi connectivity index (χ3n) is 4.19. The minimum atomic E-state index is 0.604. The topological polar surface area (TPSA) is 42.8 Å². The fourth-order valence-corrected chi connectivity index (χ4v) is 2.52. The maximum atomic E-state index is 5.86. The highest BCUT2D eigenvalue weighted by Gasteiger charge is 2.06. The van der Waals surface area contributed by atoms with Crippen molar-refractivity contribution in [2.75, 3.05) is 18.6 Å². The summed E-state index contributed by atoms with van der Waals surface area (Å²) in [5, 5.41) is 4.33. The molecule has 4 nitrogen and oxygen atoms in total. The second-order valence-electron chi connectivity index (χ2n) is 6.36. The van der Waals surface area contributed by atoms with E-state index in [2.05, 4.69) is 43.4 Å². The van der Waals surface area contributed by atoms with Crippen LogP contribution < -0.4 is 14.9 Å². The predicted octanol–water partition coefficient (Wildman–Crippen LogP) is 5.72. The van der Waals surface area contributed by atoms with Gasteiger partial charge in [0.2, 0.25) is 0 Å². The Morgan fingerprint density at radius 2 is 1.77 bits per heavy atom. The van der Waals surface area contributed by atoms with Crippen LogP contribution in [0.25, 0.3) is 0 Å². The first-order valence-corrected chi connectivity index (χ1v) is 9.40. The molecule has 0 aromatic heterocycles. The van der Waals surface area contributed by atoms with Crippen molar-refractivity contribution in [3.63, 3.8) is 0 Å².